The highest BCUT2D eigenvalue weighted by Crippen LogP contribution is 2.36. The van der Waals surface area contributed by atoms with Crippen LogP contribution in [0.4, 0.5) is 0 Å². The molecule has 1 aromatic heterocycles. The van der Waals surface area contributed by atoms with Gasteiger partial charge in [-0.15, -0.1) is 12.4 Å². The van der Waals surface area contributed by atoms with Crippen molar-refractivity contribution in [1.29, 1.82) is 0 Å². The summed E-state index contributed by atoms with van der Waals surface area (Å²) < 4.78 is 30.3. The molecule has 0 spiro atoms. The van der Waals surface area contributed by atoms with Crippen molar-refractivity contribution in [3.8, 4) is 17.0 Å². The Balaban J connectivity index is 0.00000289. The van der Waals surface area contributed by atoms with E-state index in [9.17, 15) is 8.42 Å². The SMILES string of the molecule is CCS(=O)(=O)c1ccc(OC)c(-c2ccc(C3CCCCN3Cc3ccccc3)[nH]2)c1.Cl. The van der Waals surface area contributed by atoms with Crippen LogP contribution in [0.1, 0.15) is 43.5 Å². The second kappa shape index (κ2) is 10.6. The molecule has 2 heterocycles. The average molecular weight is 475 g/mol. The number of piperidine rings is 1. The van der Waals surface area contributed by atoms with Gasteiger partial charge in [0.15, 0.2) is 9.84 Å². The van der Waals surface area contributed by atoms with Crippen LogP contribution >= 0.6 is 12.4 Å². The maximum Gasteiger partial charge on any atom is 0.178 e. The Hall–Kier alpha value is -2.28. The summed E-state index contributed by atoms with van der Waals surface area (Å²) in [7, 11) is -1.68. The molecule has 0 bridgehead atoms. The lowest BCUT2D eigenvalue weighted by atomic mass is 9.98. The van der Waals surface area contributed by atoms with Crippen LogP contribution in [0.5, 0.6) is 5.75 Å². The topological polar surface area (TPSA) is 62.4 Å². The molecule has 1 atom stereocenters. The van der Waals surface area contributed by atoms with E-state index in [4.69, 9.17) is 4.74 Å². The van der Waals surface area contributed by atoms with E-state index in [0.29, 0.717) is 16.7 Å². The molecular formula is C25H31ClN2O3S. The van der Waals surface area contributed by atoms with Crippen molar-refractivity contribution >= 4 is 22.2 Å². The van der Waals surface area contributed by atoms with Gasteiger partial charge in [0.05, 0.1) is 23.8 Å². The van der Waals surface area contributed by atoms with Gasteiger partial charge in [-0.1, -0.05) is 43.7 Å². The molecule has 1 fully saturated rings. The highest BCUT2D eigenvalue weighted by molar-refractivity contribution is 7.91. The van der Waals surface area contributed by atoms with Crippen LogP contribution < -0.4 is 4.74 Å². The molecule has 172 valence electrons. The normalized spacial score (nSPS) is 17.0. The molecule has 1 aliphatic heterocycles. The van der Waals surface area contributed by atoms with Crippen LogP contribution in [0.25, 0.3) is 11.3 Å². The smallest absolute Gasteiger partial charge is 0.178 e. The van der Waals surface area contributed by atoms with E-state index < -0.39 is 9.84 Å². The lowest BCUT2D eigenvalue weighted by molar-refractivity contribution is 0.138. The average Bonchev–Trinajstić information content (AvgIpc) is 3.29. The third-order valence-corrected chi connectivity index (χ3v) is 7.84. The zero-order valence-electron chi connectivity index (χ0n) is 18.6. The fourth-order valence-corrected chi connectivity index (χ4v) is 5.28. The summed E-state index contributed by atoms with van der Waals surface area (Å²) in [5.41, 5.74) is 4.13. The van der Waals surface area contributed by atoms with Crippen LogP contribution in [0.15, 0.2) is 65.6 Å². The van der Waals surface area contributed by atoms with Crippen LogP contribution in [-0.4, -0.2) is 37.7 Å². The summed E-state index contributed by atoms with van der Waals surface area (Å²) >= 11 is 0. The van der Waals surface area contributed by atoms with Crippen molar-refractivity contribution in [2.45, 2.75) is 43.7 Å². The van der Waals surface area contributed by atoms with E-state index in [2.05, 4.69) is 46.3 Å². The highest BCUT2D eigenvalue weighted by atomic mass is 35.5. The van der Waals surface area contributed by atoms with Gasteiger partial charge in [-0.25, -0.2) is 8.42 Å². The molecule has 4 rings (SSSR count). The van der Waals surface area contributed by atoms with Gasteiger partial charge < -0.3 is 9.72 Å². The van der Waals surface area contributed by atoms with E-state index >= 15 is 0 Å². The number of hydrogen-bond acceptors (Lipinski definition) is 4. The van der Waals surface area contributed by atoms with Gasteiger partial charge >= 0.3 is 0 Å². The maximum absolute atomic E-state index is 12.4. The van der Waals surface area contributed by atoms with Crippen molar-refractivity contribution in [1.82, 2.24) is 9.88 Å². The number of sulfone groups is 1. The molecule has 1 unspecified atom stereocenters. The minimum atomic E-state index is -3.29. The summed E-state index contributed by atoms with van der Waals surface area (Å²) in [5, 5.41) is 0. The highest BCUT2D eigenvalue weighted by Gasteiger charge is 2.26. The van der Waals surface area contributed by atoms with Crippen molar-refractivity contribution in [3.63, 3.8) is 0 Å². The van der Waals surface area contributed by atoms with Crippen molar-refractivity contribution in [2.75, 3.05) is 19.4 Å². The van der Waals surface area contributed by atoms with Gasteiger partial charge in [-0.05, 0) is 55.3 Å². The number of nitrogens with one attached hydrogen (secondary N) is 1. The molecule has 1 aliphatic rings. The van der Waals surface area contributed by atoms with Gasteiger partial charge in [-0.3, -0.25) is 4.90 Å². The monoisotopic (exact) mass is 474 g/mol. The maximum atomic E-state index is 12.4. The molecule has 0 radical (unpaired) electrons. The van der Waals surface area contributed by atoms with Crippen LogP contribution in [-0.2, 0) is 16.4 Å². The van der Waals surface area contributed by atoms with Crippen LogP contribution in [0.3, 0.4) is 0 Å². The predicted octanol–water partition coefficient (Wildman–Crippen LogP) is 5.63. The summed E-state index contributed by atoms with van der Waals surface area (Å²) in [4.78, 5) is 6.43. The molecular weight excluding hydrogens is 444 g/mol. The lowest BCUT2D eigenvalue weighted by Gasteiger charge is -2.35. The van der Waals surface area contributed by atoms with Gasteiger partial charge in [0.2, 0.25) is 0 Å². The summed E-state index contributed by atoms with van der Waals surface area (Å²) in [6, 6.07) is 20.1. The quantitative estimate of drug-likeness (QED) is 0.481. The van der Waals surface area contributed by atoms with Gasteiger partial charge in [-0.2, -0.15) is 0 Å². The number of ether oxygens (including phenoxy) is 1. The van der Waals surface area contributed by atoms with Gasteiger partial charge in [0.1, 0.15) is 5.75 Å². The molecule has 0 aliphatic carbocycles. The number of hydrogen-bond donors (Lipinski definition) is 1. The second-order valence-corrected chi connectivity index (χ2v) is 10.3. The van der Waals surface area contributed by atoms with Crippen molar-refractivity contribution < 1.29 is 13.2 Å². The first-order chi connectivity index (χ1) is 15.0. The molecule has 0 amide bonds. The molecule has 7 heteroatoms. The van der Waals surface area contributed by atoms with E-state index in [1.807, 2.05) is 6.07 Å². The fraction of sp³-hybridized carbons (Fsp3) is 0.360. The lowest BCUT2D eigenvalue weighted by Crippen LogP contribution is -2.33. The van der Waals surface area contributed by atoms with Gasteiger partial charge in [0, 0.05) is 23.5 Å². The number of aromatic nitrogens is 1. The molecule has 32 heavy (non-hydrogen) atoms. The minimum absolute atomic E-state index is 0. The van der Waals surface area contributed by atoms with Gasteiger partial charge in [0.25, 0.3) is 0 Å². The Morgan fingerprint density at radius 1 is 1.06 bits per heavy atom. The molecule has 1 N–H and O–H groups in total. The number of nitrogens with zero attached hydrogens (tertiary/aromatic N) is 1. The van der Waals surface area contributed by atoms with E-state index in [1.165, 1.54) is 18.4 Å². The standard InChI is InChI=1S/C25H30N2O3S.ClH/c1-3-31(28,29)20-12-15-25(30-2)21(17-20)22-13-14-23(26-22)24-11-7-8-16-27(24)18-19-9-5-4-6-10-19;/h4-6,9-10,12-15,17,24,26H,3,7-8,11,16,18H2,1-2H3;1H. The molecule has 2 aromatic carbocycles. The summed E-state index contributed by atoms with van der Waals surface area (Å²) in [6.07, 6.45) is 3.52. The Bertz CT molecular complexity index is 1130. The zero-order valence-corrected chi connectivity index (χ0v) is 20.2. The number of methoxy groups -OCH3 is 1. The summed E-state index contributed by atoms with van der Waals surface area (Å²) in [5.74, 6) is 0.735. The Kier molecular flexibility index (Phi) is 8.04. The summed E-state index contributed by atoms with van der Waals surface area (Å²) in [6.45, 7) is 3.66. The number of H-pyrrole nitrogens is 1. The Labute approximate surface area is 197 Å². The second-order valence-electron chi connectivity index (χ2n) is 8.06. The van der Waals surface area contributed by atoms with Crippen molar-refractivity contribution in [3.05, 3.63) is 71.9 Å². The Morgan fingerprint density at radius 2 is 1.84 bits per heavy atom. The van der Waals surface area contributed by atoms with E-state index in [1.54, 1.807) is 32.2 Å². The third kappa shape index (κ3) is 5.20. The first kappa shape index (κ1) is 24.4. The number of likely N-dealkylation sites (tertiary alicyclic amines) is 1. The molecule has 3 aromatic rings. The van der Waals surface area contributed by atoms with Crippen LogP contribution in [0, 0.1) is 0 Å². The van der Waals surface area contributed by atoms with E-state index in [0.717, 1.165) is 36.5 Å². The number of benzene rings is 2. The fourth-order valence-electron chi connectivity index (χ4n) is 4.37. The minimum Gasteiger partial charge on any atom is -0.496 e. The Morgan fingerprint density at radius 3 is 2.56 bits per heavy atom. The molecule has 0 saturated carbocycles. The first-order valence-electron chi connectivity index (χ1n) is 10.9. The third-order valence-electron chi connectivity index (χ3n) is 6.11. The number of halogens is 1. The molecule has 1 saturated heterocycles. The first-order valence-corrected chi connectivity index (χ1v) is 12.5. The van der Waals surface area contributed by atoms with E-state index in [-0.39, 0.29) is 18.2 Å². The predicted molar refractivity (Wildman–Crippen MR) is 131 cm³/mol. The number of aromatic amines is 1. The molecule has 5 nitrogen and oxygen atoms in total. The zero-order chi connectivity index (χ0) is 21.8. The van der Waals surface area contributed by atoms with Crippen LogP contribution in [0.2, 0.25) is 0 Å². The van der Waals surface area contributed by atoms with Crippen molar-refractivity contribution in [2.24, 2.45) is 0 Å². The largest absolute Gasteiger partial charge is 0.496 e. The number of rotatable bonds is 7.